The van der Waals surface area contributed by atoms with Crippen LogP contribution in [0.3, 0.4) is 0 Å². The molecule has 16 heavy (non-hydrogen) atoms. The molecule has 3 nitrogen and oxygen atoms in total. The van der Waals surface area contributed by atoms with E-state index in [9.17, 15) is 4.79 Å². The van der Waals surface area contributed by atoms with Crippen molar-refractivity contribution >= 4 is 5.91 Å². The Morgan fingerprint density at radius 1 is 1.50 bits per heavy atom. The van der Waals surface area contributed by atoms with E-state index >= 15 is 0 Å². The van der Waals surface area contributed by atoms with Gasteiger partial charge in [0, 0.05) is 25.2 Å². The summed E-state index contributed by atoms with van der Waals surface area (Å²) in [6.07, 6.45) is 0.957. The van der Waals surface area contributed by atoms with Crippen LogP contribution >= 0.6 is 0 Å². The van der Waals surface area contributed by atoms with Gasteiger partial charge in [-0.3, -0.25) is 4.79 Å². The van der Waals surface area contributed by atoms with Gasteiger partial charge in [0.2, 0.25) is 0 Å². The smallest absolute Gasteiger partial charge is 0.253 e. The first-order valence-corrected chi connectivity index (χ1v) is 5.66. The second-order valence-electron chi connectivity index (χ2n) is 4.08. The molecule has 0 saturated carbocycles. The number of carbonyl (C=O) groups excluding carboxylic acids is 1. The monoisotopic (exact) mass is 220 g/mol. The third-order valence-corrected chi connectivity index (χ3v) is 2.98. The topological polar surface area (TPSA) is 46.3 Å². The van der Waals surface area contributed by atoms with E-state index in [4.69, 9.17) is 5.73 Å². The number of hydrogen-bond acceptors (Lipinski definition) is 2. The van der Waals surface area contributed by atoms with E-state index in [0.29, 0.717) is 12.1 Å². The fraction of sp³-hybridized carbons (Fsp3) is 0.462. The average molecular weight is 220 g/mol. The van der Waals surface area contributed by atoms with Crippen LogP contribution < -0.4 is 5.73 Å². The largest absolute Gasteiger partial charge is 0.339 e. The Hall–Kier alpha value is -1.35. The summed E-state index contributed by atoms with van der Waals surface area (Å²) in [4.78, 5) is 13.9. The molecule has 1 aromatic rings. The van der Waals surface area contributed by atoms with Gasteiger partial charge in [-0.25, -0.2) is 0 Å². The van der Waals surface area contributed by atoms with Gasteiger partial charge in [0.05, 0.1) is 0 Å². The highest BCUT2D eigenvalue weighted by atomic mass is 16.2. The fourth-order valence-electron chi connectivity index (χ4n) is 1.51. The summed E-state index contributed by atoms with van der Waals surface area (Å²) >= 11 is 0. The van der Waals surface area contributed by atoms with Gasteiger partial charge in [-0.1, -0.05) is 19.1 Å². The predicted molar refractivity (Wildman–Crippen MR) is 66.2 cm³/mol. The molecule has 0 heterocycles. The van der Waals surface area contributed by atoms with Gasteiger partial charge in [0.15, 0.2) is 0 Å². The summed E-state index contributed by atoms with van der Waals surface area (Å²) in [6.45, 7) is 4.59. The summed E-state index contributed by atoms with van der Waals surface area (Å²) in [5.74, 6) is 0.0599. The third-order valence-electron chi connectivity index (χ3n) is 2.98. The molecule has 1 aromatic carbocycles. The summed E-state index contributed by atoms with van der Waals surface area (Å²) in [5.41, 5.74) is 7.26. The van der Waals surface area contributed by atoms with Crippen molar-refractivity contribution < 1.29 is 4.79 Å². The number of amides is 1. The first kappa shape index (κ1) is 12.7. The molecule has 0 radical (unpaired) electrons. The highest BCUT2D eigenvalue weighted by Gasteiger charge is 2.15. The number of nitrogens with two attached hydrogens (primary N) is 1. The Morgan fingerprint density at radius 2 is 2.19 bits per heavy atom. The van der Waals surface area contributed by atoms with Crippen molar-refractivity contribution in [3.63, 3.8) is 0 Å². The average Bonchev–Trinajstić information content (AvgIpc) is 2.36. The number of carbonyl (C=O) groups is 1. The lowest BCUT2D eigenvalue weighted by Gasteiger charge is -2.24. The molecule has 0 aliphatic rings. The van der Waals surface area contributed by atoms with Crippen LogP contribution in [0.1, 0.15) is 36.2 Å². The van der Waals surface area contributed by atoms with Gasteiger partial charge >= 0.3 is 0 Å². The minimum absolute atomic E-state index is 0.0599. The molecule has 1 amide bonds. The number of benzene rings is 1. The van der Waals surface area contributed by atoms with Crippen molar-refractivity contribution in [1.29, 1.82) is 0 Å². The molecular weight excluding hydrogens is 200 g/mol. The summed E-state index contributed by atoms with van der Waals surface area (Å²) in [7, 11) is 1.84. The van der Waals surface area contributed by atoms with Crippen molar-refractivity contribution in [2.75, 3.05) is 7.05 Å². The molecule has 0 fully saturated rings. The molecule has 1 unspecified atom stereocenters. The quantitative estimate of drug-likeness (QED) is 0.843. The molecule has 0 bridgehead atoms. The Bertz CT molecular complexity index is 363. The summed E-state index contributed by atoms with van der Waals surface area (Å²) < 4.78 is 0. The normalized spacial score (nSPS) is 12.2. The Kier molecular flexibility index (Phi) is 4.50. The van der Waals surface area contributed by atoms with Crippen LogP contribution in [0.5, 0.6) is 0 Å². The third kappa shape index (κ3) is 2.83. The first-order chi connectivity index (χ1) is 7.60. The lowest BCUT2D eigenvalue weighted by molar-refractivity contribution is 0.0740. The molecule has 0 aliphatic carbocycles. The molecule has 0 spiro atoms. The van der Waals surface area contributed by atoms with Crippen LogP contribution in [0.25, 0.3) is 0 Å². The minimum Gasteiger partial charge on any atom is -0.339 e. The minimum atomic E-state index is 0.0599. The molecule has 1 rings (SSSR count). The molecule has 3 heteroatoms. The standard InChI is InChI=1S/C13H20N2O/c1-4-10(2)15(3)13(16)12-7-5-6-11(8-12)9-14/h5-8,10H,4,9,14H2,1-3H3. The van der Waals surface area contributed by atoms with Crippen molar-refractivity contribution in [2.24, 2.45) is 5.73 Å². The van der Waals surface area contributed by atoms with Crippen molar-refractivity contribution in [3.05, 3.63) is 35.4 Å². The maximum absolute atomic E-state index is 12.1. The maximum atomic E-state index is 12.1. The lowest BCUT2D eigenvalue weighted by Crippen LogP contribution is -2.34. The van der Waals surface area contributed by atoms with Crippen LogP contribution in [0.4, 0.5) is 0 Å². The summed E-state index contributed by atoms with van der Waals surface area (Å²) in [6, 6.07) is 7.76. The second kappa shape index (κ2) is 5.66. The van der Waals surface area contributed by atoms with Crippen LogP contribution in [0.15, 0.2) is 24.3 Å². The van der Waals surface area contributed by atoms with E-state index in [-0.39, 0.29) is 11.9 Å². The number of nitrogens with zero attached hydrogens (tertiary/aromatic N) is 1. The maximum Gasteiger partial charge on any atom is 0.253 e. The fourth-order valence-corrected chi connectivity index (χ4v) is 1.51. The van der Waals surface area contributed by atoms with Gasteiger partial charge in [-0.2, -0.15) is 0 Å². The molecule has 0 aliphatic heterocycles. The van der Waals surface area contributed by atoms with Gasteiger partial charge in [0.1, 0.15) is 0 Å². The molecule has 88 valence electrons. The highest BCUT2D eigenvalue weighted by Crippen LogP contribution is 2.10. The zero-order valence-electron chi connectivity index (χ0n) is 10.2. The van der Waals surface area contributed by atoms with E-state index < -0.39 is 0 Å². The lowest BCUT2D eigenvalue weighted by atomic mass is 10.1. The highest BCUT2D eigenvalue weighted by molar-refractivity contribution is 5.94. The van der Waals surface area contributed by atoms with E-state index in [0.717, 1.165) is 12.0 Å². The Labute approximate surface area is 97.2 Å². The van der Waals surface area contributed by atoms with E-state index in [1.807, 2.05) is 38.2 Å². The van der Waals surface area contributed by atoms with E-state index in [2.05, 4.69) is 6.92 Å². The van der Waals surface area contributed by atoms with Gasteiger partial charge in [-0.05, 0) is 31.0 Å². The van der Waals surface area contributed by atoms with Crippen molar-refractivity contribution in [1.82, 2.24) is 4.90 Å². The molecule has 1 atom stereocenters. The number of rotatable bonds is 4. The summed E-state index contributed by atoms with van der Waals surface area (Å²) in [5, 5.41) is 0. The van der Waals surface area contributed by atoms with Gasteiger partial charge in [-0.15, -0.1) is 0 Å². The van der Waals surface area contributed by atoms with Crippen LogP contribution in [-0.2, 0) is 6.54 Å². The van der Waals surface area contributed by atoms with E-state index in [1.54, 1.807) is 4.90 Å². The molecule has 0 aromatic heterocycles. The van der Waals surface area contributed by atoms with Crippen LogP contribution in [0.2, 0.25) is 0 Å². The molecule has 2 N–H and O–H groups in total. The zero-order chi connectivity index (χ0) is 12.1. The Morgan fingerprint density at radius 3 is 2.75 bits per heavy atom. The van der Waals surface area contributed by atoms with Crippen LogP contribution in [-0.4, -0.2) is 23.9 Å². The second-order valence-corrected chi connectivity index (χ2v) is 4.08. The van der Waals surface area contributed by atoms with Gasteiger partial charge in [0.25, 0.3) is 5.91 Å². The predicted octanol–water partition coefficient (Wildman–Crippen LogP) is 2.02. The Balaban J connectivity index is 2.87. The van der Waals surface area contributed by atoms with Crippen molar-refractivity contribution in [3.8, 4) is 0 Å². The van der Waals surface area contributed by atoms with Crippen molar-refractivity contribution in [2.45, 2.75) is 32.9 Å². The molecular formula is C13H20N2O. The van der Waals surface area contributed by atoms with Gasteiger partial charge < -0.3 is 10.6 Å². The molecule has 0 saturated heterocycles. The first-order valence-electron chi connectivity index (χ1n) is 5.66. The van der Waals surface area contributed by atoms with E-state index in [1.165, 1.54) is 0 Å². The zero-order valence-corrected chi connectivity index (χ0v) is 10.2. The number of hydrogen-bond donors (Lipinski definition) is 1. The SMILES string of the molecule is CCC(C)N(C)C(=O)c1cccc(CN)c1. The van der Waals surface area contributed by atoms with Crippen LogP contribution in [0, 0.1) is 0 Å².